The monoisotopic (exact) mass is 252 g/mol. The summed E-state index contributed by atoms with van der Waals surface area (Å²) in [6.07, 6.45) is 15.4. The molecular formula is C16H28O2. The molecule has 1 aliphatic heterocycles. The van der Waals surface area contributed by atoms with Crippen molar-refractivity contribution >= 4 is 0 Å². The molecule has 0 bridgehead atoms. The highest BCUT2D eigenvalue weighted by molar-refractivity contribution is 4.91. The van der Waals surface area contributed by atoms with Gasteiger partial charge in [0.05, 0.1) is 13.2 Å². The van der Waals surface area contributed by atoms with Gasteiger partial charge in [-0.2, -0.15) is 0 Å². The molecule has 0 aromatic carbocycles. The molecule has 1 saturated carbocycles. The van der Waals surface area contributed by atoms with E-state index in [4.69, 9.17) is 9.47 Å². The molecule has 1 heterocycles. The first kappa shape index (κ1) is 14.1. The third kappa shape index (κ3) is 4.74. The molecule has 0 N–H and O–H groups in total. The maximum Gasteiger partial charge on any atom is 0.158 e. The van der Waals surface area contributed by atoms with Gasteiger partial charge in [-0.05, 0) is 43.9 Å². The third-order valence-electron chi connectivity index (χ3n) is 4.26. The highest BCUT2D eigenvalue weighted by Gasteiger charge is 2.18. The van der Waals surface area contributed by atoms with Gasteiger partial charge in [-0.1, -0.05) is 31.9 Å². The molecule has 0 radical (unpaired) electrons. The molecule has 0 aromatic rings. The van der Waals surface area contributed by atoms with Crippen LogP contribution in [0.15, 0.2) is 12.2 Å². The van der Waals surface area contributed by atoms with Crippen LogP contribution in [0.25, 0.3) is 0 Å². The van der Waals surface area contributed by atoms with Crippen molar-refractivity contribution in [2.24, 2.45) is 11.8 Å². The molecule has 1 saturated heterocycles. The van der Waals surface area contributed by atoms with Crippen LogP contribution in [0, 0.1) is 11.8 Å². The van der Waals surface area contributed by atoms with Crippen molar-refractivity contribution in [3.8, 4) is 0 Å². The van der Waals surface area contributed by atoms with Crippen LogP contribution in [-0.2, 0) is 9.47 Å². The second-order valence-electron chi connectivity index (χ2n) is 5.75. The van der Waals surface area contributed by atoms with E-state index >= 15 is 0 Å². The van der Waals surface area contributed by atoms with Crippen molar-refractivity contribution in [1.29, 1.82) is 0 Å². The summed E-state index contributed by atoms with van der Waals surface area (Å²) >= 11 is 0. The molecular weight excluding hydrogens is 224 g/mol. The Kier molecular flexibility index (Phi) is 6.22. The second kappa shape index (κ2) is 7.96. The lowest BCUT2D eigenvalue weighted by atomic mass is 9.80. The predicted octanol–water partition coefficient (Wildman–Crippen LogP) is 4.30. The van der Waals surface area contributed by atoms with Gasteiger partial charge in [0.2, 0.25) is 0 Å². The minimum atomic E-state index is 0.0648. The number of hydrogen-bond acceptors (Lipinski definition) is 2. The fourth-order valence-corrected chi connectivity index (χ4v) is 3.17. The van der Waals surface area contributed by atoms with E-state index in [1.54, 1.807) is 0 Å². The zero-order chi connectivity index (χ0) is 12.6. The van der Waals surface area contributed by atoms with Crippen LogP contribution in [0.5, 0.6) is 0 Å². The van der Waals surface area contributed by atoms with Crippen LogP contribution in [0.3, 0.4) is 0 Å². The Balaban J connectivity index is 1.56. The van der Waals surface area contributed by atoms with Gasteiger partial charge < -0.3 is 9.47 Å². The van der Waals surface area contributed by atoms with Gasteiger partial charge >= 0.3 is 0 Å². The summed E-state index contributed by atoms with van der Waals surface area (Å²) in [6.45, 7) is 3.85. The summed E-state index contributed by atoms with van der Waals surface area (Å²) in [5.41, 5.74) is 0. The largest absolute Gasteiger partial charge is 0.350 e. The Morgan fingerprint density at radius 1 is 1.00 bits per heavy atom. The molecule has 0 spiro atoms. The van der Waals surface area contributed by atoms with Crippen molar-refractivity contribution in [2.75, 3.05) is 13.2 Å². The van der Waals surface area contributed by atoms with E-state index in [0.717, 1.165) is 37.9 Å². The SMILES string of the molecule is CCCC1CCC(C=CCCC2OCCO2)CC1. The van der Waals surface area contributed by atoms with Crippen molar-refractivity contribution in [1.82, 2.24) is 0 Å². The Labute approximate surface area is 112 Å². The zero-order valence-electron chi connectivity index (χ0n) is 11.8. The molecule has 2 heteroatoms. The minimum Gasteiger partial charge on any atom is -0.350 e. The zero-order valence-corrected chi connectivity index (χ0v) is 11.8. The molecule has 104 valence electrons. The van der Waals surface area contributed by atoms with E-state index in [9.17, 15) is 0 Å². The molecule has 0 unspecified atom stereocenters. The summed E-state index contributed by atoms with van der Waals surface area (Å²) < 4.78 is 10.9. The van der Waals surface area contributed by atoms with E-state index in [2.05, 4.69) is 19.1 Å². The number of hydrogen-bond donors (Lipinski definition) is 0. The van der Waals surface area contributed by atoms with E-state index < -0.39 is 0 Å². The molecule has 2 aliphatic rings. The van der Waals surface area contributed by atoms with Crippen LogP contribution in [0.2, 0.25) is 0 Å². The van der Waals surface area contributed by atoms with Crippen LogP contribution in [0.1, 0.15) is 58.3 Å². The quantitative estimate of drug-likeness (QED) is 0.656. The van der Waals surface area contributed by atoms with E-state index in [1.165, 1.54) is 38.5 Å². The van der Waals surface area contributed by atoms with E-state index in [1.807, 2.05) is 0 Å². The first-order chi connectivity index (χ1) is 8.88. The van der Waals surface area contributed by atoms with Gasteiger partial charge in [0, 0.05) is 6.42 Å². The van der Waals surface area contributed by atoms with Crippen LogP contribution >= 0.6 is 0 Å². The molecule has 1 aliphatic carbocycles. The predicted molar refractivity (Wildman–Crippen MR) is 74.4 cm³/mol. The number of rotatable bonds is 6. The Morgan fingerprint density at radius 3 is 2.39 bits per heavy atom. The average molecular weight is 252 g/mol. The van der Waals surface area contributed by atoms with Crippen LogP contribution in [0.4, 0.5) is 0 Å². The van der Waals surface area contributed by atoms with Gasteiger partial charge in [-0.3, -0.25) is 0 Å². The topological polar surface area (TPSA) is 18.5 Å². The second-order valence-corrected chi connectivity index (χ2v) is 5.75. The average Bonchev–Trinajstić information content (AvgIpc) is 2.90. The lowest BCUT2D eigenvalue weighted by molar-refractivity contribution is -0.0457. The molecule has 18 heavy (non-hydrogen) atoms. The highest BCUT2D eigenvalue weighted by atomic mass is 16.7. The van der Waals surface area contributed by atoms with Gasteiger partial charge in [-0.25, -0.2) is 0 Å². The fourth-order valence-electron chi connectivity index (χ4n) is 3.17. The molecule has 0 amide bonds. The van der Waals surface area contributed by atoms with Crippen molar-refractivity contribution in [3.05, 3.63) is 12.2 Å². The fraction of sp³-hybridized carbons (Fsp3) is 0.875. The van der Waals surface area contributed by atoms with E-state index in [0.29, 0.717) is 0 Å². The van der Waals surface area contributed by atoms with Crippen molar-refractivity contribution < 1.29 is 9.47 Å². The lowest BCUT2D eigenvalue weighted by Gasteiger charge is -2.26. The van der Waals surface area contributed by atoms with Crippen LogP contribution < -0.4 is 0 Å². The van der Waals surface area contributed by atoms with Crippen LogP contribution in [-0.4, -0.2) is 19.5 Å². The molecule has 2 nitrogen and oxygen atoms in total. The summed E-state index contributed by atoms with van der Waals surface area (Å²) in [5, 5.41) is 0. The van der Waals surface area contributed by atoms with Gasteiger partial charge in [-0.15, -0.1) is 0 Å². The minimum absolute atomic E-state index is 0.0648. The number of allylic oxidation sites excluding steroid dienone is 2. The Morgan fingerprint density at radius 2 is 1.72 bits per heavy atom. The van der Waals surface area contributed by atoms with Crippen molar-refractivity contribution in [3.63, 3.8) is 0 Å². The Bertz CT molecular complexity index is 235. The summed E-state index contributed by atoms with van der Waals surface area (Å²) in [5.74, 6) is 1.85. The smallest absolute Gasteiger partial charge is 0.158 e. The normalized spacial score (nSPS) is 30.3. The first-order valence-corrected chi connectivity index (χ1v) is 7.78. The standard InChI is InChI=1S/C16H28O2/c1-2-5-14-8-10-15(11-9-14)6-3-4-7-16-17-12-13-18-16/h3,6,14-16H,2,4-5,7-13H2,1H3. The highest BCUT2D eigenvalue weighted by Crippen LogP contribution is 2.32. The third-order valence-corrected chi connectivity index (χ3v) is 4.26. The number of ether oxygens (including phenoxy) is 2. The molecule has 0 aromatic heterocycles. The Hall–Kier alpha value is -0.340. The lowest BCUT2D eigenvalue weighted by Crippen LogP contribution is -2.12. The molecule has 0 atom stereocenters. The van der Waals surface area contributed by atoms with Crippen molar-refractivity contribution in [2.45, 2.75) is 64.6 Å². The van der Waals surface area contributed by atoms with E-state index in [-0.39, 0.29) is 6.29 Å². The molecule has 2 rings (SSSR count). The first-order valence-electron chi connectivity index (χ1n) is 7.78. The maximum absolute atomic E-state index is 5.43. The molecule has 2 fully saturated rings. The van der Waals surface area contributed by atoms with Gasteiger partial charge in [0.25, 0.3) is 0 Å². The summed E-state index contributed by atoms with van der Waals surface area (Å²) in [7, 11) is 0. The van der Waals surface area contributed by atoms with Gasteiger partial charge in [0.15, 0.2) is 6.29 Å². The maximum atomic E-state index is 5.43. The van der Waals surface area contributed by atoms with Gasteiger partial charge in [0.1, 0.15) is 0 Å². The summed E-state index contributed by atoms with van der Waals surface area (Å²) in [6, 6.07) is 0. The summed E-state index contributed by atoms with van der Waals surface area (Å²) in [4.78, 5) is 0.